The molecule has 0 radical (unpaired) electrons. The lowest BCUT2D eigenvalue weighted by Gasteiger charge is -2.18. The number of imidazole rings is 1. The largest absolute Gasteiger partial charge is 0.486 e. The van der Waals surface area contributed by atoms with Gasteiger partial charge in [-0.1, -0.05) is 0 Å². The van der Waals surface area contributed by atoms with E-state index >= 15 is 0 Å². The highest BCUT2D eigenvalue weighted by Crippen LogP contribution is 2.35. The minimum atomic E-state index is -0.381. The third kappa shape index (κ3) is 2.00. The fraction of sp³-hybridized carbons (Fsp3) is 0.188. The van der Waals surface area contributed by atoms with Gasteiger partial charge >= 0.3 is 0 Å². The van der Waals surface area contributed by atoms with E-state index in [0.29, 0.717) is 41.7 Å². The number of aromatic nitrogens is 2. The Morgan fingerprint density at radius 1 is 1.14 bits per heavy atom. The van der Waals surface area contributed by atoms with Gasteiger partial charge in [-0.15, -0.1) is 0 Å². The average molecular weight is 300 g/mol. The molecule has 0 spiro atoms. The molecule has 0 amide bonds. The second-order valence-electron chi connectivity index (χ2n) is 5.00. The molecule has 1 N–H and O–H groups in total. The second kappa shape index (κ2) is 4.99. The third-order valence-corrected chi connectivity index (χ3v) is 3.65. The summed E-state index contributed by atoms with van der Waals surface area (Å²) in [6.45, 7) is 0.788. The van der Waals surface area contributed by atoms with Gasteiger partial charge in [-0.25, -0.2) is 9.37 Å². The molecule has 4 rings (SSSR count). The van der Waals surface area contributed by atoms with Gasteiger partial charge in [-0.05, 0) is 30.3 Å². The van der Waals surface area contributed by atoms with Crippen molar-refractivity contribution in [2.75, 3.05) is 13.2 Å². The summed E-state index contributed by atoms with van der Waals surface area (Å²) in [7, 11) is 0. The molecule has 0 fully saturated rings. The van der Waals surface area contributed by atoms with Crippen molar-refractivity contribution in [3.05, 3.63) is 48.0 Å². The summed E-state index contributed by atoms with van der Waals surface area (Å²) < 4.78 is 26.0. The summed E-state index contributed by atoms with van der Waals surface area (Å²) in [6.07, 6.45) is 1.31. The Labute approximate surface area is 125 Å². The minimum absolute atomic E-state index is 0.242. The Morgan fingerprint density at radius 3 is 2.77 bits per heavy atom. The van der Waals surface area contributed by atoms with Crippen molar-refractivity contribution in [1.29, 1.82) is 0 Å². The molecular weight excluding hydrogens is 287 g/mol. The van der Waals surface area contributed by atoms with Crippen LogP contribution in [0.1, 0.15) is 5.69 Å². The highest BCUT2D eigenvalue weighted by molar-refractivity contribution is 5.69. The Balaban J connectivity index is 1.90. The number of nitrogens with zero attached hydrogens (tertiary/aromatic N) is 2. The van der Waals surface area contributed by atoms with Gasteiger partial charge in [0.2, 0.25) is 0 Å². The van der Waals surface area contributed by atoms with Crippen molar-refractivity contribution in [3.8, 4) is 22.8 Å². The van der Waals surface area contributed by atoms with Crippen molar-refractivity contribution in [2.45, 2.75) is 6.61 Å². The Morgan fingerprint density at radius 2 is 1.95 bits per heavy atom. The molecule has 2 aromatic heterocycles. The number of fused-ring (bicyclic) bond motifs is 2. The molecule has 0 unspecified atom stereocenters. The summed E-state index contributed by atoms with van der Waals surface area (Å²) in [5.74, 6) is 0.958. The average Bonchev–Trinajstić information content (AvgIpc) is 2.92. The van der Waals surface area contributed by atoms with Gasteiger partial charge in [-0.2, -0.15) is 0 Å². The van der Waals surface area contributed by atoms with E-state index in [1.54, 1.807) is 10.5 Å². The lowest BCUT2D eigenvalue weighted by atomic mass is 10.1. The molecule has 3 aromatic rings. The maximum absolute atomic E-state index is 13.4. The number of rotatable bonds is 2. The fourth-order valence-electron chi connectivity index (χ4n) is 2.64. The van der Waals surface area contributed by atoms with Crippen LogP contribution in [0.25, 0.3) is 16.9 Å². The van der Waals surface area contributed by atoms with Crippen LogP contribution >= 0.6 is 0 Å². The van der Waals surface area contributed by atoms with Crippen molar-refractivity contribution < 1.29 is 19.0 Å². The van der Waals surface area contributed by atoms with E-state index in [0.717, 1.165) is 5.56 Å². The summed E-state index contributed by atoms with van der Waals surface area (Å²) in [6, 6.07) is 8.42. The summed E-state index contributed by atoms with van der Waals surface area (Å²) in [5, 5.41) is 9.66. The SMILES string of the molecule is OCc1c(-c2ccc3c(c2)OCCO3)nc2ccc(F)cn12. The summed E-state index contributed by atoms with van der Waals surface area (Å²) in [4.78, 5) is 4.48. The van der Waals surface area contributed by atoms with Crippen LogP contribution in [0, 0.1) is 5.82 Å². The van der Waals surface area contributed by atoms with Crippen LogP contribution in [0.3, 0.4) is 0 Å². The van der Waals surface area contributed by atoms with Crippen LogP contribution in [0.15, 0.2) is 36.5 Å². The smallest absolute Gasteiger partial charge is 0.162 e. The quantitative estimate of drug-likeness (QED) is 0.789. The number of aliphatic hydroxyl groups excluding tert-OH is 1. The first-order chi connectivity index (χ1) is 10.8. The zero-order valence-electron chi connectivity index (χ0n) is 11.6. The maximum Gasteiger partial charge on any atom is 0.162 e. The molecule has 0 bridgehead atoms. The van der Waals surface area contributed by atoms with Crippen LogP contribution < -0.4 is 9.47 Å². The number of hydrogen-bond acceptors (Lipinski definition) is 4. The first-order valence-electron chi connectivity index (χ1n) is 6.93. The molecular formula is C16H13FN2O3. The van der Waals surface area contributed by atoms with Crippen molar-refractivity contribution in [1.82, 2.24) is 9.38 Å². The van der Waals surface area contributed by atoms with Gasteiger partial charge in [-0.3, -0.25) is 4.40 Å². The zero-order valence-corrected chi connectivity index (χ0v) is 11.6. The predicted octanol–water partition coefficient (Wildman–Crippen LogP) is 2.40. The van der Waals surface area contributed by atoms with Crippen LogP contribution in [0.5, 0.6) is 11.5 Å². The van der Waals surface area contributed by atoms with Crippen LogP contribution in [0.2, 0.25) is 0 Å². The Kier molecular flexibility index (Phi) is 2.97. The third-order valence-electron chi connectivity index (χ3n) is 3.65. The summed E-state index contributed by atoms with van der Waals surface area (Å²) in [5.41, 5.74) is 2.50. The molecule has 0 aliphatic carbocycles. The van der Waals surface area contributed by atoms with E-state index in [2.05, 4.69) is 4.98 Å². The van der Waals surface area contributed by atoms with E-state index in [-0.39, 0.29) is 12.4 Å². The molecule has 0 atom stereocenters. The Bertz CT molecular complexity index is 860. The molecule has 1 aromatic carbocycles. The molecule has 5 nitrogen and oxygen atoms in total. The van der Waals surface area contributed by atoms with Gasteiger partial charge in [0.05, 0.1) is 18.0 Å². The van der Waals surface area contributed by atoms with E-state index in [9.17, 15) is 9.50 Å². The van der Waals surface area contributed by atoms with Crippen molar-refractivity contribution in [2.24, 2.45) is 0 Å². The second-order valence-corrected chi connectivity index (χ2v) is 5.00. The number of pyridine rings is 1. The predicted molar refractivity (Wildman–Crippen MR) is 77.5 cm³/mol. The fourth-order valence-corrected chi connectivity index (χ4v) is 2.64. The monoisotopic (exact) mass is 300 g/mol. The minimum Gasteiger partial charge on any atom is -0.486 e. The van der Waals surface area contributed by atoms with Crippen molar-refractivity contribution in [3.63, 3.8) is 0 Å². The number of benzene rings is 1. The molecule has 1 aliphatic rings. The van der Waals surface area contributed by atoms with Crippen LogP contribution in [0.4, 0.5) is 4.39 Å². The molecule has 0 saturated heterocycles. The standard InChI is InChI=1S/C16H13FN2O3/c17-11-2-4-15-18-16(12(9-20)19(15)8-11)10-1-3-13-14(7-10)22-6-5-21-13/h1-4,7-8,20H,5-6,9H2. The van der Waals surface area contributed by atoms with Crippen LogP contribution in [-0.4, -0.2) is 27.7 Å². The maximum atomic E-state index is 13.4. The van der Waals surface area contributed by atoms with Gasteiger partial charge < -0.3 is 14.6 Å². The topological polar surface area (TPSA) is 56.0 Å². The van der Waals surface area contributed by atoms with Gasteiger partial charge in [0, 0.05) is 11.8 Å². The van der Waals surface area contributed by atoms with E-state index in [4.69, 9.17) is 9.47 Å². The number of aliphatic hydroxyl groups is 1. The summed E-state index contributed by atoms with van der Waals surface area (Å²) >= 11 is 0. The van der Waals surface area contributed by atoms with E-state index in [1.807, 2.05) is 18.2 Å². The van der Waals surface area contributed by atoms with Crippen molar-refractivity contribution >= 4 is 5.65 Å². The Hall–Kier alpha value is -2.60. The molecule has 6 heteroatoms. The van der Waals surface area contributed by atoms with E-state index in [1.165, 1.54) is 12.3 Å². The van der Waals surface area contributed by atoms with Gasteiger partial charge in [0.25, 0.3) is 0 Å². The molecule has 22 heavy (non-hydrogen) atoms. The number of halogens is 1. The number of ether oxygens (including phenoxy) is 2. The zero-order chi connectivity index (χ0) is 15.1. The van der Waals surface area contributed by atoms with Crippen LogP contribution in [-0.2, 0) is 6.61 Å². The molecule has 0 saturated carbocycles. The molecule has 112 valence electrons. The first-order valence-corrected chi connectivity index (χ1v) is 6.93. The number of hydrogen-bond donors (Lipinski definition) is 1. The lowest BCUT2D eigenvalue weighted by molar-refractivity contribution is 0.171. The molecule has 1 aliphatic heterocycles. The highest BCUT2D eigenvalue weighted by Gasteiger charge is 2.17. The van der Waals surface area contributed by atoms with Gasteiger partial charge in [0.1, 0.15) is 24.7 Å². The van der Waals surface area contributed by atoms with Gasteiger partial charge in [0.15, 0.2) is 11.5 Å². The normalized spacial score (nSPS) is 13.5. The van der Waals surface area contributed by atoms with E-state index < -0.39 is 0 Å². The highest BCUT2D eigenvalue weighted by atomic mass is 19.1. The first kappa shape index (κ1) is 13.1. The molecule has 3 heterocycles. The lowest BCUT2D eigenvalue weighted by Crippen LogP contribution is -2.15.